The lowest BCUT2D eigenvalue weighted by Gasteiger charge is -2.27. The molecule has 0 heterocycles. The molecule has 0 amide bonds. The van der Waals surface area contributed by atoms with Crippen molar-refractivity contribution < 1.29 is 40.2 Å². The van der Waals surface area contributed by atoms with Crippen LogP contribution < -0.4 is 14.9 Å². The number of rotatable bonds is 7. The molecule has 0 aliphatic carbocycles. The third-order valence-corrected chi connectivity index (χ3v) is 2.99. The van der Waals surface area contributed by atoms with Gasteiger partial charge >= 0.3 is 18.1 Å². The van der Waals surface area contributed by atoms with Gasteiger partial charge in [0.15, 0.2) is 11.5 Å². The Kier molecular flexibility index (Phi) is 6.38. The molecular formula is C13H12ClF7N2O2. The molecule has 142 valence electrons. The summed E-state index contributed by atoms with van der Waals surface area (Å²) in [5.41, 5.74) is 0.498. The van der Waals surface area contributed by atoms with Crippen molar-refractivity contribution >= 4 is 17.8 Å². The van der Waals surface area contributed by atoms with Crippen molar-refractivity contribution in [1.29, 1.82) is 0 Å². The summed E-state index contributed by atoms with van der Waals surface area (Å²) in [6, 6.07) is -3.27. The van der Waals surface area contributed by atoms with Crippen LogP contribution in [-0.4, -0.2) is 38.1 Å². The zero-order chi connectivity index (χ0) is 19.5. The Morgan fingerprint density at radius 1 is 1.16 bits per heavy atom. The average molecular weight is 397 g/mol. The predicted molar refractivity (Wildman–Crippen MR) is 75.9 cm³/mol. The highest BCUT2D eigenvalue weighted by atomic mass is 35.5. The number of hydrazone groups is 1. The van der Waals surface area contributed by atoms with Gasteiger partial charge in [0, 0.05) is 0 Å². The minimum atomic E-state index is -6.45. The molecule has 0 aliphatic rings. The number of halogens is 8. The fraction of sp³-hybridized carbons (Fsp3) is 0.462. The first-order valence-electron chi connectivity index (χ1n) is 6.50. The number of alkyl halides is 7. The summed E-state index contributed by atoms with van der Waals surface area (Å²) in [4.78, 5) is 0. The van der Waals surface area contributed by atoms with E-state index in [1.54, 1.807) is 6.92 Å². The number of nitrogens with zero attached hydrogens (tertiary/aromatic N) is 1. The Morgan fingerprint density at radius 2 is 1.76 bits per heavy atom. The molecule has 0 radical (unpaired) electrons. The van der Waals surface area contributed by atoms with Crippen LogP contribution >= 0.6 is 11.6 Å². The third kappa shape index (κ3) is 4.59. The molecule has 0 spiro atoms. The Morgan fingerprint density at radius 3 is 2.24 bits per heavy atom. The Labute approximate surface area is 142 Å². The van der Waals surface area contributed by atoms with Gasteiger partial charge in [0.25, 0.3) is 0 Å². The highest BCUT2D eigenvalue weighted by molar-refractivity contribution is 6.32. The summed E-state index contributed by atoms with van der Waals surface area (Å²) in [5, 5.41) is 2.72. The van der Waals surface area contributed by atoms with Crippen LogP contribution in [0, 0.1) is 0 Å². The second-order valence-electron chi connectivity index (χ2n) is 4.48. The van der Waals surface area contributed by atoms with Crippen molar-refractivity contribution in [3.05, 3.63) is 22.7 Å². The Bertz CT molecular complexity index is 636. The molecule has 1 rings (SSSR count). The molecule has 0 aromatic heterocycles. The molecule has 1 aromatic carbocycles. The second kappa shape index (κ2) is 7.54. The van der Waals surface area contributed by atoms with Gasteiger partial charge in [0.05, 0.1) is 25.0 Å². The van der Waals surface area contributed by atoms with E-state index in [9.17, 15) is 30.7 Å². The van der Waals surface area contributed by atoms with E-state index in [0.717, 1.165) is 6.07 Å². The number of hydrogen-bond acceptors (Lipinski definition) is 4. The van der Waals surface area contributed by atoms with Crippen molar-refractivity contribution in [2.45, 2.75) is 25.1 Å². The van der Waals surface area contributed by atoms with Crippen molar-refractivity contribution in [1.82, 2.24) is 5.43 Å². The van der Waals surface area contributed by atoms with E-state index >= 15 is 0 Å². The van der Waals surface area contributed by atoms with Crippen LogP contribution in [0.15, 0.2) is 17.2 Å². The van der Waals surface area contributed by atoms with Crippen LogP contribution in [0.4, 0.5) is 30.7 Å². The van der Waals surface area contributed by atoms with Crippen LogP contribution in [0.25, 0.3) is 0 Å². The first-order chi connectivity index (χ1) is 11.4. The van der Waals surface area contributed by atoms with Gasteiger partial charge in [-0.2, -0.15) is 35.8 Å². The zero-order valence-corrected chi connectivity index (χ0v) is 13.5. The number of methoxy groups -OCH3 is 1. The third-order valence-electron chi connectivity index (χ3n) is 2.70. The van der Waals surface area contributed by atoms with Crippen molar-refractivity contribution in [2.24, 2.45) is 5.10 Å². The lowest BCUT2D eigenvalue weighted by molar-refractivity contribution is -0.361. The molecule has 1 N–H and O–H groups in total. The summed E-state index contributed by atoms with van der Waals surface area (Å²) in [6.45, 7) is 1.83. The van der Waals surface area contributed by atoms with Gasteiger partial charge in [-0.15, -0.1) is 0 Å². The van der Waals surface area contributed by atoms with E-state index in [2.05, 4.69) is 5.10 Å². The lowest BCUT2D eigenvalue weighted by atomic mass is 10.2. The summed E-state index contributed by atoms with van der Waals surface area (Å²) in [5.74, 6) is -6.08. The number of hydrogen-bond donors (Lipinski definition) is 1. The second-order valence-corrected chi connectivity index (χ2v) is 4.89. The molecule has 0 saturated heterocycles. The van der Waals surface area contributed by atoms with Crippen LogP contribution in [-0.2, 0) is 0 Å². The maximum absolute atomic E-state index is 13.0. The molecule has 0 unspecified atom stereocenters. The first kappa shape index (κ1) is 21.1. The van der Waals surface area contributed by atoms with Crippen molar-refractivity contribution in [3.63, 3.8) is 0 Å². The van der Waals surface area contributed by atoms with Crippen LogP contribution in [0.3, 0.4) is 0 Å². The Balaban J connectivity index is 3.03. The van der Waals surface area contributed by atoms with Gasteiger partial charge in [-0.1, -0.05) is 11.6 Å². The number of ether oxygens (including phenoxy) is 2. The summed E-state index contributed by atoms with van der Waals surface area (Å²) < 4.78 is 97.6. The average Bonchev–Trinajstić information content (AvgIpc) is 2.46. The first-order valence-corrected chi connectivity index (χ1v) is 6.88. The van der Waals surface area contributed by atoms with Gasteiger partial charge in [-0.05, 0) is 24.6 Å². The molecular weight excluding hydrogens is 385 g/mol. The smallest absolute Gasteiger partial charge is 0.462 e. The van der Waals surface area contributed by atoms with Crippen LogP contribution in [0.1, 0.15) is 12.5 Å². The minimum absolute atomic E-state index is 0.00660. The van der Waals surface area contributed by atoms with E-state index in [0.29, 0.717) is 11.6 Å². The monoisotopic (exact) mass is 396 g/mol. The van der Waals surface area contributed by atoms with E-state index < -0.39 is 18.1 Å². The lowest BCUT2D eigenvalue weighted by Crippen LogP contribution is -2.58. The van der Waals surface area contributed by atoms with Gasteiger partial charge < -0.3 is 9.47 Å². The topological polar surface area (TPSA) is 42.8 Å². The van der Waals surface area contributed by atoms with Gasteiger partial charge in [0.2, 0.25) is 0 Å². The summed E-state index contributed by atoms with van der Waals surface area (Å²) in [7, 11) is 1.29. The van der Waals surface area contributed by atoms with E-state index in [4.69, 9.17) is 21.1 Å². The van der Waals surface area contributed by atoms with Crippen LogP contribution in [0.2, 0.25) is 5.02 Å². The van der Waals surface area contributed by atoms with E-state index in [1.165, 1.54) is 13.2 Å². The van der Waals surface area contributed by atoms with Crippen LogP contribution in [0.5, 0.6) is 11.5 Å². The van der Waals surface area contributed by atoms with Gasteiger partial charge in [-0.25, -0.2) is 5.43 Å². The molecule has 1 aromatic rings. The summed E-state index contributed by atoms with van der Waals surface area (Å²) in [6.07, 6.45) is -5.88. The standard InChI is InChI=1S/C13H12ClF7N2O2/c1-3-25-9-5-7(4-8(14)10(9)24-2)6-22-23-13(20,21)11(15,16)12(17,18)19/h4-6,23H,3H2,1-2H3/b22-6+. The molecule has 0 atom stereocenters. The maximum Gasteiger partial charge on any atom is 0.462 e. The molecule has 12 heteroatoms. The quantitative estimate of drug-likeness (QED) is 0.320. The zero-order valence-electron chi connectivity index (χ0n) is 12.7. The summed E-state index contributed by atoms with van der Waals surface area (Å²) >= 11 is 5.87. The molecule has 0 fully saturated rings. The maximum atomic E-state index is 13.0. The normalized spacial score (nSPS) is 13.2. The highest BCUT2D eigenvalue weighted by Crippen LogP contribution is 2.45. The largest absolute Gasteiger partial charge is 0.491 e. The molecule has 0 saturated carbocycles. The number of nitrogens with one attached hydrogen (secondary N) is 1. The van der Waals surface area contributed by atoms with E-state index in [1.807, 2.05) is 0 Å². The Hall–Kier alpha value is -1.91. The van der Waals surface area contributed by atoms with Gasteiger partial charge in [-0.3, -0.25) is 0 Å². The molecule has 25 heavy (non-hydrogen) atoms. The van der Waals surface area contributed by atoms with Gasteiger partial charge in [0.1, 0.15) is 0 Å². The van der Waals surface area contributed by atoms with Crippen molar-refractivity contribution in [2.75, 3.05) is 13.7 Å². The molecule has 0 aliphatic heterocycles. The SMILES string of the molecule is CCOc1cc(/C=N/NC(F)(F)C(F)(F)C(F)(F)F)cc(Cl)c1OC. The number of benzene rings is 1. The van der Waals surface area contributed by atoms with E-state index in [-0.39, 0.29) is 28.7 Å². The fourth-order valence-electron chi connectivity index (χ4n) is 1.56. The fourth-order valence-corrected chi connectivity index (χ4v) is 1.86. The highest BCUT2D eigenvalue weighted by Gasteiger charge is 2.73. The molecule has 4 nitrogen and oxygen atoms in total. The minimum Gasteiger partial charge on any atom is -0.491 e. The molecule has 0 bridgehead atoms. The predicted octanol–water partition coefficient (Wildman–Crippen LogP) is 4.46. The van der Waals surface area contributed by atoms with Crippen molar-refractivity contribution in [3.8, 4) is 11.5 Å².